The van der Waals surface area contributed by atoms with Crippen LogP contribution in [0.15, 0.2) is 0 Å². The number of esters is 1. The van der Waals surface area contributed by atoms with Crippen LogP contribution < -0.4 is 5.32 Å². The first kappa shape index (κ1) is 12.5. The highest BCUT2D eigenvalue weighted by Crippen LogP contribution is 2.11. The monoisotopic (exact) mass is 215 g/mol. The van der Waals surface area contributed by atoms with Gasteiger partial charge in [0.1, 0.15) is 0 Å². The zero-order chi connectivity index (χ0) is 11.1. The number of carbonyl (C=O) groups excluding carboxylic acids is 1. The van der Waals surface area contributed by atoms with Gasteiger partial charge in [0.15, 0.2) is 6.10 Å². The van der Waals surface area contributed by atoms with E-state index in [1.165, 1.54) is 0 Å². The normalized spacial score (nSPS) is 23.5. The molecule has 0 aromatic heterocycles. The molecular formula is C11H21NO3. The zero-order valence-electron chi connectivity index (χ0n) is 9.62. The SMILES string of the molecule is CCOC(=O)C(CC)O[C@H]1CCCNC1. The third-order valence-electron chi connectivity index (χ3n) is 2.53. The van der Waals surface area contributed by atoms with E-state index in [0.29, 0.717) is 13.0 Å². The molecule has 0 aliphatic carbocycles. The maximum Gasteiger partial charge on any atom is 0.335 e. The number of hydrogen-bond acceptors (Lipinski definition) is 4. The van der Waals surface area contributed by atoms with Crippen LogP contribution in [0.4, 0.5) is 0 Å². The molecule has 0 aromatic carbocycles. The van der Waals surface area contributed by atoms with E-state index in [9.17, 15) is 4.79 Å². The van der Waals surface area contributed by atoms with E-state index in [2.05, 4.69) is 5.32 Å². The van der Waals surface area contributed by atoms with Gasteiger partial charge >= 0.3 is 5.97 Å². The molecule has 1 heterocycles. The van der Waals surface area contributed by atoms with E-state index in [1.54, 1.807) is 0 Å². The minimum atomic E-state index is -0.394. The molecule has 0 amide bonds. The molecular weight excluding hydrogens is 194 g/mol. The summed E-state index contributed by atoms with van der Waals surface area (Å²) in [4.78, 5) is 11.5. The van der Waals surface area contributed by atoms with Crippen molar-refractivity contribution in [3.05, 3.63) is 0 Å². The lowest BCUT2D eigenvalue weighted by Gasteiger charge is -2.26. The van der Waals surface area contributed by atoms with Gasteiger partial charge in [0.05, 0.1) is 12.7 Å². The molecule has 88 valence electrons. The average molecular weight is 215 g/mol. The van der Waals surface area contributed by atoms with Gasteiger partial charge in [0, 0.05) is 6.54 Å². The molecule has 1 unspecified atom stereocenters. The first-order valence-corrected chi connectivity index (χ1v) is 5.80. The molecule has 1 aliphatic rings. The van der Waals surface area contributed by atoms with Crippen molar-refractivity contribution in [1.82, 2.24) is 5.32 Å². The first-order chi connectivity index (χ1) is 7.27. The summed E-state index contributed by atoms with van der Waals surface area (Å²) in [6.07, 6.45) is 2.59. The highest BCUT2D eigenvalue weighted by atomic mass is 16.6. The first-order valence-electron chi connectivity index (χ1n) is 5.80. The van der Waals surface area contributed by atoms with Gasteiger partial charge in [-0.15, -0.1) is 0 Å². The Morgan fingerprint density at radius 1 is 1.53 bits per heavy atom. The van der Waals surface area contributed by atoms with Crippen molar-refractivity contribution < 1.29 is 14.3 Å². The van der Waals surface area contributed by atoms with Crippen LogP contribution in [0, 0.1) is 0 Å². The van der Waals surface area contributed by atoms with Crippen LogP contribution in [0.25, 0.3) is 0 Å². The zero-order valence-corrected chi connectivity index (χ0v) is 9.62. The molecule has 2 atom stereocenters. The highest BCUT2D eigenvalue weighted by Gasteiger charge is 2.23. The Kier molecular flexibility index (Phi) is 5.65. The number of piperidine rings is 1. The number of nitrogens with one attached hydrogen (secondary N) is 1. The van der Waals surface area contributed by atoms with E-state index in [4.69, 9.17) is 9.47 Å². The predicted octanol–water partition coefficient (Wildman–Crippen LogP) is 1.10. The second-order valence-electron chi connectivity index (χ2n) is 3.75. The van der Waals surface area contributed by atoms with E-state index < -0.39 is 6.10 Å². The summed E-state index contributed by atoms with van der Waals surface area (Å²) in [5.41, 5.74) is 0. The van der Waals surface area contributed by atoms with Crippen LogP contribution in [0.2, 0.25) is 0 Å². The standard InChI is InChI=1S/C11H21NO3/c1-3-10(11(13)14-4-2)15-9-6-5-7-12-8-9/h9-10,12H,3-8H2,1-2H3/t9-,10?/m0/s1. The van der Waals surface area contributed by atoms with E-state index in [-0.39, 0.29) is 12.1 Å². The fourth-order valence-electron chi connectivity index (χ4n) is 1.72. The smallest absolute Gasteiger partial charge is 0.335 e. The molecule has 0 spiro atoms. The predicted molar refractivity (Wildman–Crippen MR) is 57.7 cm³/mol. The molecule has 0 saturated carbocycles. The van der Waals surface area contributed by atoms with E-state index >= 15 is 0 Å². The van der Waals surface area contributed by atoms with Crippen LogP contribution >= 0.6 is 0 Å². The van der Waals surface area contributed by atoms with Gasteiger partial charge < -0.3 is 14.8 Å². The molecule has 1 fully saturated rings. The van der Waals surface area contributed by atoms with Gasteiger partial charge in [-0.05, 0) is 32.7 Å². The van der Waals surface area contributed by atoms with Crippen LogP contribution in [0.3, 0.4) is 0 Å². The van der Waals surface area contributed by atoms with Gasteiger partial charge in [-0.2, -0.15) is 0 Å². The molecule has 1 N–H and O–H groups in total. The Bertz CT molecular complexity index is 190. The van der Waals surface area contributed by atoms with Crippen LogP contribution in [0.1, 0.15) is 33.1 Å². The molecule has 0 bridgehead atoms. The lowest BCUT2D eigenvalue weighted by molar-refractivity contribution is -0.161. The molecule has 1 saturated heterocycles. The van der Waals surface area contributed by atoms with Crippen LogP contribution in [-0.2, 0) is 14.3 Å². The summed E-state index contributed by atoms with van der Waals surface area (Å²) < 4.78 is 10.7. The molecule has 4 heteroatoms. The van der Waals surface area contributed by atoms with Gasteiger partial charge in [-0.1, -0.05) is 6.92 Å². The number of ether oxygens (including phenoxy) is 2. The summed E-state index contributed by atoms with van der Waals surface area (Å²) in [5, 5.41) is 3.26. The topological polar surface area (TPSA) is 47.6 Å². The lowest BCUT2D eigenvalue weighted by atomic mass is 10.1. The van der Waals surface area contributed by atoms with Crippen molar-refractivity contribution in [1.29, 1.82) is 0 Å². The molecule has 0 radical (unpaired) electrons. The number of rotatable bonds is 5. The third-order valence-corrected chi connectivity index (χ3v) is 2.53. The fourth-order valence-corrected chi connectivity index (χ4v) is 1.72. The van der Waals surface area contributed by atoms with Crippen LogP contribution in [0.5, 0.6) is 0 Å². The molecule has 1 aliphatic heterocycles. The Balaban J connectivity index is 2.34. The second-order valence-corrected chi connectivity index (χ2v) is 3.75. The fraction of sp³-hybridized carbons (Fsp3) is 0.909. The summed E-state index contributed by atoms with van der Waals surface area (Å²) in [6.45, 7) is 6.07. The van der Waals surface area contributed by atoms with Crippen molar-refractivity contribution in [2.45, 2.75) is 45.3 Å². The van der Waals surface area contributed by atoms with Gasteiger partial charge in [0.25, 0.3) is 0 Å². The Labute approximate surface area is 91.3 Å². The summed E-state index contributed by atoms with van der Waals surface area (Å²) in [5.74, 6) is -0.231. The van der Waals surface area contributed by atoms with Gasteiger partial charge in [-0.25, -0.2) is 4.79 Å². The molecule has 1 rings (SSSR count). The highest BCUT2D eigenvalue weighted by molar-refractivity contribution is 5.74. The Morgan fingerprint density at radius 3 is 2.87 bits per heavy atom. The van der Waals surface area contributed by atoms with Crippen molar-refractivity contribution in [2.75, 3.05) is 19.7 Å². The van der Waals surface area contributed by atoms with Gasteiger partial charge in [0.2, 0.25) is 0 Å². The van der Waals surface area contributed by atoms with Crippen molar-refractivity contribution >= 4 is 5.97 Å². The largest absolute Gasteiger partial charge is 0.464 e. The quantitative estimate of drug-likeness (QED) is 0.698. The molecule has 15 heavy (non-hydrogen) atoms. The second kappa shape index (κ2) is 6.80. The molecule has 0 aromatic rings. The van der Waals surface area contributed by atoms with Gasteiger partial charge in [-0.3, -0.25) is 0 Å². The average Bonchev–Trinajstić information content (AvgIpc) is 2.27. The van der Waals surface area contributed by atoms with Crippen LogP contribution in [-0.4, -0.2) is 37.9 Å². The number of carbonyl (C=O) groups is 1. The van der Waals surface area contributed by atoms with Crippen molar-refractivity contribution in [3.63, 3.8) is 0 Å². The summed E-state index contributed by atoms with van der Waals surface area (Å²) >= 11 is 0. The van der Waals surface area contributed by atoms with Crippen molar-refractivity contribution in [3.8, 4) is 0 Å². The summed E-state index contributed by atoms with van der Waals surface area (Å²) in [6, 6.07) is 0. The minimum absolute atomic E-state index is 0.160. The summed E-state index contributed by atoms with van der Waals surface area (Å²) in [7, 11) is 0. The van der Waals surface area contributed by atoms with E-state index in [0.717, 1.165) is 25.9 Å². The maximum atomic E-state index is 11.5. The van der Waals surface area contributed by atoms with Crippen molar-refractivity contribution in [2.24, 2.45) is 0 Å². The lowest BCUT2D eigenvalue weighted by Crippen LogP contribution is -2.40. The number of hydrogen-bond donors (Lipinski definition) is 1. The third kappa shape index (κ3) is 4.18. The minimum Gasteiger partial charge on any atom is -0.464 e. The maximum absolute atomic E-state index is 11.5. The Hall–Kier alpha value is -0.610. The van der Waals surface area contributed by atoms with E-state index in [1.807, 2.05) is 13.8 Å². The molecule has 4 nitrogen and oxygen atoms in total. The Morgan fingerprint density at radius 2 is 2.33 bits per heavy atom.